The molecule has 0 aliphatic rings. The van der Waals surface area contributed by atoms with Crippen molar-refractivity contribution in [2.75, 3.05) is 12.4 Å². The molecule has 0 atom stereocenters. The van der Waals surface area contributed by atoms with Crippen LogP contribution in [0.4, 0.5) is 18.9 Å². The fraction of sp³-hybridized carbons (Fsp3) is 0.200. The molecule has 0 saturated carbocycles. The van der Waals surface area contributed by atoms with Gasteiger partial charge in [0.05, 0.1) is 17.4 Å². The van der Waals surface area contributed by atoms with Gasteiger partial charge in [-0.05, 0) is 55.0 Å². The van der Waals surface area contributed by atoms with Gasteiger partial charge < -0.3 is 10.6 Å². The predicted molar refractivity (Wildman–Crippen MR) is 100 cm³/mol. The van der Waals surface area contributed by atoms with Gasteiger partial charge in [0.2, 0.25) is 0 Å². The van der Waals surface area contributed by atoms with Gasteiger partial charge in [0, 0.05) is 36.6 Å². The van der Waals surface area contributed by atoms with Gasteiger partial charge in [0.25, 0.3) is 5.91 Å². The maximum atomic E-state index is 12.7. The molecule has 28 heavy (non-hydrogen) atoms. The highest BCUT2D eigenvalue weighted by Gasteiger charge is 2.30. The fourth-order valence-corrected chi connectivity index (χ4v) is 2.74. The van der Waals surface area contributed by atoms with E-state index in [2.05, 4.69) is 15.7 Å². The number of anilines is 1. The van der Waals surface area contributed by atoms with Gasteiger partial charge in [-0.2, -0.15) is 18.3 Å². The number of carbonyl (C=O) groups excluding carboxylic acids is 1. The summed E-state index contributed by atoms with van der Waals surface area (Å²) in [5, 5.41) is 10.1. The highest BCUT2D eigenvalue weighted by atomic mass is 19.4. The van der Waals surface area contributed by atoms with Gasteiger partial charge in [-0.15, -0.1) is 0 Å². The largest absolute Gasteiger partial charge is 0.416 e. The van der Waals surface area contributed by atoms with E-state index in [0.717, 1.165) is 28.9 Å². The number of aryl methyl sites for hydroxylation is 1. The van der Waals surface area contributed by atoms with Gasteiger partial charge in [-0.3, -0.25) is 4.79 Å². The van der Waals surface area contributed by atoms with Crippen LogP contribution in [-0.2, 0) is 12.7 Å². The maximum Gasteiger partial charge on any atom is 0.416 e. The zero-order valence-corrected chi connectivity index (χ0v) is 15.3. The molecule has 5 nitrogen and oxygen atoms in total. The Bertz CT molecular complexity index is 978. The first-order valence-electron chi connectivity index (χ1n) is 8.55. The molecule has 0 unspecified atom stereocenters. The molecule has 0 fully saturated rings. The summed E-state index contributed by atoms with van der Waals surface area (Å²) in [6.45, 7) is 2.39. The molecule has 1 amide bonds. The summed E-state index contributed by atoms with van der Waals surface area (Å²) in [4.78, 5) is 11.7. The van der Waals surface area contributed by atoms with Crippen molar-refractivity contribution in [3.63, 3.8) is 0 Å². The normalized spacial score (nSPS) is 11.3. The van der Waals surface area contributed by atoms with Crippen LogP contribution in [0.25, 0.3) is 5.69 Å². The third kappa shape index (κ3) is 4.33. The number of aromatic nitrogens is 2. The lowest BCUT2D eigenvalue weighted by molar-refractivity contribution is -0.137. The number of rotatable bonds is 5. The Kier molecular flexibility index (Phi) is 5.39. The van der Waals surface area contributed by atoms with E-state index in [1.54, 1.807) is 31.6 Å². The minimum atomic E-state index is -4.36. The molecule has 3 rings (SSSR count). The molecule has 0 radical (unpaired) electrons. The minimum Gasteiger partial charge on any atom is -0.381 e. The Morgan fingerprint density at radius 2 is 1.86 bits per heavy atom. The zero-order chi connectivity index (χ0) is 20.3. The van der Waals surface area contributed by atoms with Crippen LogP contribution in [0, 0.1) is 6.92 Å². The van der Waals surface area contributed by atoms with Crippen LogP contribution in [0.5, 0.6) is 0 Å². The molecule has 2 N–H and O–H groups in total. The molecular formula is C20H19F3N4O. The van der Waals surface area contributed by atoms with Gasteiger partial charge in [-0.25, -0.2) is 4.68 Å². The average molecular weight is 388 g/mol. The summed E-state index contributed by atoms with van der Waals surface area (Å²) < 4.78 is 39.5. The van der Waals surface area contributed by atoms with Gasteiger partial charge in [0.15, 0.2) is 0 Å². The lowest BCUT2D eigenvalue weighted by Crippen LogP contribution is -2.17. The quantitative estimate of drug-likeness (QED) is 0.690. The van der Waals surface area contributed by atoms with Crippen molar-refractivity contribution in [2.24, 2.45) is 0 Å². The van der Waals surface area contributed by atoms with Crippen LogP contribution in [0.2, 0.25) is 0 Å². The number of carbonyl (C=O) groups is 1. The Morgan fingerprint density at radius 1 is 1.14 bits per heavy atom. The second-order valence-electron chi connectivity index (χ2n) is 6.30. The summed E-state index contributed by atoms with van der Waals surface area (Å²) in [5.41, 5.74) is 3.12. The average Bonchev–Trinajstić information content (AvgIpc) is 3.15. The topological polar surface area (TPSA) is 59.0 Å². The van der Waals surface area contributed by atoms with E-state index in [1.807, 2.05) is 13.0 Å². The second-order valence-corrected chi connectivity index (χ2v) is 6.30. The molecule has 0 spiro atoms. The SMILES string of the molecule is CNC(=O)c1ccc(NCc2cnn(-c3ccc(C(F)(F)F)cc3)c2)c(C)c1. The Labute approximate surface area is 160 Å². The number of hydrogen-bond acceptors (Lipinski definition) is 3. The van der Waals surface area contributed by atoms with Crippen LogP contribution in [-0.4, -0.2) is 22.7 Å². The van der Waals surface area contributed by atoms with E-state index in [0.29, 0.717) is 17.8 Å². The molecule has 0 aliphatic carbocycles. The summed E-state index contributed by atoms with van der Waals surface area (Å²) in [5.74, 6) is -0.146. The number of alkyl halides is 3. The summed E-state index contributed by atoms with van der Waals surface area (Å²) in [6, 6.07) is 10.2. The van der Waals surface area contributed by atoms with Crippen LogP contribution in [0.1, 0.15) is 27.0 Å². The molecule has 2 aromatic carbocycles. The number of benzene rings is 2. The van der Waals surface area contributed by atoms with Gasteiger partial charge >= 0.3 is 6.18 Å². The third-order valence-electron chi connectivity index (χ3n) is 4.29. The van der Waals surface area contributed by atoms with E-state index < -0.39 is 11.7 Å². The van der Waals surface area contributed by atoms with Crippen molar-refractivity contribution in [2.45, 2.75) is 19.6 Å². The van der Waals surface area contributed by atoms with Crippen LogP contribution < -0.4 is 10.6 Å². The highest BCUT2D eigenvalue weighted by molar-refractivity contribution is 5.94. The van der Waals surface area contributed by atoms with Crippen molar-refractivity contribution >= 4 is 11.6 Å². The van der Waals surface area contributed by atoms with Crippen LogP contribution in [0.15, 0.2) is 54.9 Å². The van der Waals surface area contributed by atoms with Crippen molar-refractivity contribution < 1.29 is 18.0 Å². The predicted octanol–water partition coefficient (Wildman–Crippen LogP) is 4.17. The number of nitrogens with zero attached hydrogens (tertiary/aromatic N) is 2. The van der Waals surface area contributed by atoms with Gasteiger partial charge in [-0.1, -0.05) is 0 Å². The Morgan fingerprint density at radius 3 is 2.46 bits per heavy atom. The maximum absolute atomic E-state index is 12.7. The molecule has 0 aliphatic heterocycles. The molecule has 0 saturated heterocycles. The van der Waals surface area contributed by atoms with Crippen LogP contribution >= 0.6 is 0 Å². The van der Waals surface area contributed by atoms with Crippen molar-refractivity contribution in [3.05, 3.63) is 77.1 Å². The third-order valence-corrected chi connectivity index (χ3v) is 4.29. The molecule has 146 valence electrons. The molecule has 0 bridgehead atoms. The van der Waals surface area contributed by atoms with E-state index in [4.69, 9.17) is 0 Å². The fourth-order valence-electron chi connectivity index (χ4n) is 2.74. The smallest absolute Gasteiger partial charge is 0.381 e. The van der Waals surface area contributed by atoms with Crippen molar-refractivity contribution in [1.82, 2.24) is 15.1 Å². The first-order chi connectivity index (χ1) is 13.3. The first kappa shape index (κ1) is 19.5. The molecule has 1 aromatic heterocycles. The molecule has 1 heterocycles. The number of nitrogens with one attached hydrogen (secondary N) is 2. The highest BCUT2D eigenvalue weighted by Crippen LogP contribution is 2.29. The number of halogens is 3. The van der Waals surface area contributed by atoms with E-state index in [9.17, 15) is 18.0 Å². The molecule has 8 heteroatoms. The Hall–Kier alpha value is -3.29. The van der Waals surface area contributed by atoms with Gasteiger partial charge in [0.1, 0.15) is 0 Å². The summed E-state index contributed by atoms with van der Waals surface area (Å²) in [6.07, 6.45) is -0.953. The standard InChI is InChI=1S/C20H19F3N4O/c1-13-9-15(19(28)24-2)3-8-18(13)25-10-14-11-26-27(12-14)17-6-4-16(5-7-17)20(21,22)23/h3-9,11-12,25H,10H2,1-2H3,(H,24,28). The van der Waals surface area contributed by atoms with E-state index in [-0.39, 0.29) is 5.91 Å². The van der Waals surface area contributed by atoms with Crippen LogP contribution in [0.3, 0.4) is 0 Å². The monoisotopic (exact) mass is 388 g/mol. The summed E-state index contributed by atoms with van der Waals surface area (Å²) in [7, 11) is 1.58. The van der Waals surface area contributed by atoms with Crippen molar-refractivity contribution in [1.29, 1.82) is 0 Å². The van der Waals surface area contributed by atoms with E-state index in [1.165, 1.54) is 16.8 Å². The number of amides is 1. The lowest BCUT2D eigenvalue weighted by atomic mass is 10.1. The minimum absolute atomic E-state index is 0.146. The lowest BCUT2D eigenvalue weighted by Gasteiger charge is -2.10. The number of hydrogen-bond donors (Lipinski definition) is 2. The zero-order valence-electron chi connectivity index (χ0n) is 15.3. The summed E-state index contributed by atoms with van der Waals surface area (Å²) >= 11 is 0. The second kappa shape index (κ2) is 7.75. The Balaban J connectivity index is 1.67. The molecule has 3 aromatic rings. The van der Waals surface area contributed by atoms with Crippen molar-refractivity contribution in [3.8, 4) is 5.69 Å². The molecular weight excluding hydrogens is 369 g/mol. The van der Waals surface area contributed by atoms with E-state index >= 15 is 0 Å². The first-order valence-corrected chi connectivity index (χ1v) is 8.55.